The van der Waals surface area contributed by atoms with Gasteiger partial charge in [0, 0.05) is 29.3 Å². The Kier molecular flexibility index (Phi) is 3.76. The molecule has 5 nitrogen and oxygen atoms in total. The van der Waals surface area contributed by atoms with Gasteiger partial charge in [-0.2, -0.15) is 0 Å². The summed E-state index contributed by atoms with van der Waals surface area (Å²) in [5.74, 6) is -0.379. The Morgan fingerprint density at radius 2 is 1.84 bits per heavy atom. The molecule has 0 aliphatic carbocycles. The van der Waals surface area contributed by atoms with Gasteiger partial charge >= 0.3 is 5.97 Å². The SMILES string of the molecule is COC(=O)c1cn(CC(=O)N2CCc3ccccc32)c2ccccc12. The number of hydrogen-bond acceptors (Lipinski definition) is 3. The van der Waals surface area contributed by atoms with Gasteiger partial charge in [0.2, 0.25) is 5.91 Å². The zero-order valence-corrected chi connectivity index (χ0v) is 13.9. The largest absolute Gasteiger partial charge is 0.465 e. The van der Waals surface area contributed by atoms with Crippen molar-refractivity contribution >= 4 is 28.5 Å². The summed E-state index contributed by atoms with van der Waals surface area (Å²) in [6, 6.07) is 15.5. The van der Waals surface area contributed by atoms with Crippen molar-refractivity contribution in [2.75, 3.05) is 18.6 Å². The molecule has 0 bridgehead atoms. The van der Waals surface area contributed by atoms with Crippen LogP contribution in [-0.2, 0) is 22.5 Å². The molecular weight excluding hydrogens is 316 g/mol. The number of carbonyl (C=O) groups excluding carboxylic acids is 2. The van der Waals surface area contributed by atoms with E-state index in [2.05, 4.69) is 6.07 Å². The van der Waals surface area contributed by atoms with Gasteiger partial charge in [0.25, 0.3) is 0 Å². The highest BCUT2D eigenvalue weighted by molar-refractivity contribution is 6.05. The maximum Gasteiger partial charge on any atom is 0.340 e. The van der Waals surface area contributed by atoms with Crippen LogP contribution in [0.4, 0.5) is 5.69 Å². The normalized spacial score (nSPS) is 13.1. The first-order valence-corrected chi connectivity index (χ1v) is 8.23. The molecule has 4 rings (SSSR count). The van der Waals surface area contributed by atoms with E-state index in [1.54, 1.807) is 6.20 Å². The molecule has 3 aromatic rings. The number of carbonyl (C=O) groups is 2. The van der Waals surface area contributed by atoms with Crippen molar-refractivity contribution in [2.45, 2.75) is 13.0 Å². The first-order chi connectivity index (χ1) is 12.2. The Bertz CT molecular complexity index is 974. The van der Waals surface area contributed by atoms with Crippen LogP contribution in [0.25, 0.3) is 10.9 Å². The molecule has 0 saturated heterocycles. The highest BCUT2D eigenvalue weighted by Gasteiger charge is 2.25. The number of para-hydroxylation sites is 2. The predicted molar refractivity (Wildman–Crippen MR) is 95.8 cm³/mol. The van der Waals surface area contributed by atoms with Crippen molar-refractivity contribution in [3.63, 3.8) is 0 Å². The van der Waals surface area contributed by atoms with Crippen LogP contribution in [0.15, 0.2) is 54.7 Å². The second-order valence-electron chi connectivity index (χ2n) is 6.10. The summed E-state index contributed by atoms with van der Waals surface area (Å²) in [6.45, 7) is 0.882. The van der Waals surface area contributed by atoms with E-state index in [9.17, 15) is 9.59 Å². The Balaban J connectivity index is 1.68. The third-order valence-electron chi connectivity index (χ3n) is 4.69. The van der Waals surface area contributed by atoms with Crippen molar-refractivity contribution in [2.24, 2.45) is 0 Å². The van der Waals surface area contributed by atoms with E-state index < -0.39 is 5.97 Å². The maximum atomic E-state index is 12.9. The Morgan fingerprint density at radius 3 is 2.68 bits per heavy atom. The number of anilines is 1. The number of fused-ring (bicyclic) bond motifs is 2. The highest BCUT2D eigenvalue weighted by Crippen LogP contribution is 2.28. The van der Waals surface area contributed by atoms with Crippen LogP contribution >= 0.6 is 0 Å². The number of benzene rings is 2. The molecule has 1 aromatic heterocycles. The van der Waals surface area contributed by atoms with Crippen LogP contribution in [-0.4, -0.2) is 30.1 Å². The van der Waals surface area contributed by atoms with Crippen LogP contribution in [0.5, 0.6) is 0 Å². The fraction of sp³-hybridized carbons (Fsp3) is 0.200. The number of ether oxygens (including phenoxy) is 1. The van der Waals surface area contributed by atoms with E-state index >= 15 is 0 Å². The van der Waals surface area contributed by atoms with Gasteiger partial charge in [-0.3, -0.25) is 4.79 Å². The topological polar surface area (TPSA) is 51.5 Å². The van der Waals surface area contributed by atoms with Crippen molar-refractivity contribution in [1.29, 1.82) is 0 Å². The smallest absolute Gasteiger partial charge is 0.340 e. The van der Waals surface area contributed by atoms with Crippen LogP contribution in [0.1, 0.15) is 15.9 Å². The molecule has 25 heavy (non-hydrogen) atoms. The summed E-state index contributed by atoms with van der Waals surface area (Å²) in [5.41, 5.74) is 3.51. The van der Waals surface area contributed by atoms with Gasteiger partial charge in [0.1, 0.15) is 6.54 Å². The zero-order chi connectivity index (χ0) is 17.4. The van der Waals surface area contributed by atoms with Crippen LogP contribution in [0.3, 0.4) is 0 Å². The van der Waals surface area contributed by atoms with Gasteiger partial charge in [-0.25, -0.2) is 4.79 Å². The zero-order valence-electron chi connectivity index (χ0n) is 13.9. The van der Waals surface area contributed by atoms with E-state index in [0.29, 0.717) is 12.1 Å². The lowest BCUT2D eigenvalue weighted by Gasteiger charge is -2.18. The van der Waals surface area contributed by atoms with Gasteiger partial charge < -0.3 is 14.2 Å². The molecule has 2 heterocycles. The molecule has 0 spiro atoms. The van der Waals surface area contributed by atoms with Crippen LogP contribution in [0, 0.1) is 0 Å². The van der Waals surface area contributed by atoms with Gasteiger partial charge in [-0.15, -0.1) is 0 Å². The van der Waals surface area contributed by atoms with Crippen molar-refractivity contribution in [3.05, 3.63) is 65.9 Å². The van der Waals surface area contributed by atoms with Crippen LogP contribution < -0.4 is 4.90 Å². The molecule has 0 N–H and O–H groups in total. The monoisotopic (exact) mass is 334 g/mol. The molecule has 1 aliphatic heterocycles. The molecule has 0 radical (unpaired) electrons. The fourth-order valence-electron chi connectivity index (χ4n) is 3.48. The second-order valence-corrected chi connectivity index (χ2v) is 6.10. The molecule has 5 heteroatoms. The first kappa shape index (κ1) is 15.4. The average molecular weight is 334 g/mol. The number of aromatic nitrogens is 1. The van der Waals surface area contributed by atoms with E-state index in [1.807, 2.05) is 51.9 Å². The van der Waals surface area contributed by atoms with Gasteiger partial charge in [-0.05, 0) is 24.1 Å². The first-order valence-electron chi connectivity index (χ1n) is 8.23. The summed E-state index contributed by atoms with van der Waals surface area (Å²) in [7, 11) is 1.36. The molecule has 0 unspecified atom stereocenters. The molecule has 2 aromatic carbocycles. The summed E-state index contributed by atoms with van der Waals surface area (Å²) in [4.78, 5) is 26.7. The third kappa shape index (κ3) is 2.58. The molecule has 0 saturated carbocycles. The Morgan fingerprint density at radius 1 is 1.08 bits per heavy atom. The maximum absolute atomic E-state index is 12.9. The number of rotatable bonds is 3. The lowest BCUT2D eigenvalue weighted by atomic mass is 10.2. The van der Waals surface area contributed by atoms with Gasteiger partial charge in [0.05, 0.1) is 12.7 Å². The minimum absolute atomic E-state index is 0.0159. The number of hydrogen-bond donors (Lipinski definition) is 0. The Labute approximate surface area is 145 Å². The molecule has 1 aliphatic rings. The number of amides is 1. The lowest BCUT2D eigenvalue weighted by Crippen LogP contribution is -2.32. The molecule has 0 atom stereocenters. The molecular formula is C20H18N2O3. The van der Waals surface area contributed by atoms with Gasteiger partial charge in [-0.1, -0.05) is 36.4 Å². The lowest BCUT2D eigenvalue weighted by molar-refractivity contribution is -0.119. The third-order valence-corrected chi connectivity index (χ3v) is 4.69. The van der Waals surface area contributed by atoms with Crippen molar-refractivity contribution in [1.82, 2.24) is 4.57 Å². The van der Waals surface area contributed by atoms with Crippen molar-refractivity contribution < 1.29 is 14.3 Å². The van der Waals surface area contributed by atoms with E-state index in [-0.39, 0.29) is 12.5 Å². The predicted octanol–water partition coefficient (Wildman–Crippen LogP) is 3.02. The molecule has 1 amide bonds. The average Bonchev–Trinajstić information content (AvgIpc) is 3.23. The minimum Gasteiger partial charge on any atom is -0.465 e. The Hall–Kier alpha value is -3.08. The van der Waals surface area contributed by atoms with Crippen molar-refractivity contribution in [3.8, 4) is 0 Å². The summed E-state index contributed by atoms with van der Waals surface area (Å²) in [6.07, 6.45) is 2.58. The standard InChI is InChI=1S/C20H18N2O3/c1-25-20(24)16-12-21(18-9-5-3-7-15(16)18)13-19(23)22-11-10-14-6-2-4-8-17(14)22/h2-9,12H,10-11,13H2,1H3. The quantitative estimate of drug-likeness (QED) is 0.692. The highest BCUT2D eigenvalue weighted by atomic mass is 16.5. The number of nitrogens with zero attached hydrogens (tertiary/aromatic N) is 2. The molecule has 0 fully saturated rings. The molecule has 126 valence electrons. The summed E-state index contributed by atoms with van der Waals surface area (Å²) < 4.78 is 6.69. The fourth-order valence-corrected chi connectivity index (χ4v) is 3.48. The van der Waals surface area contributed by atoms with E-state index in [0.717, 1.165) is 23.0 Å². The van der Waals surface area contributed by atoms with Gasteiger partial charge in [0.15, 0.2) is 0 Å². The second kappa shape index (κ2) is 6.09. The van der Waals surface area contributed by atoms with E-state index in [1.165, 1.54) is 12.7 Å². The van der Waals surface area contributed by atoms with E-state index in [4.69, 9.17) is 4.74 Å². The summed E-state index contributed by atoms with van der Waals surface area (Å²) >= 11 is 0. The number of esters is 1. The summed E-state index contributed by atoms with van der Waals surface area (Å²) in [5, 5.41) is 0.795. The number of methoxy groups -OCH3 is 1. The minimum atomic E-state index is -0.395. The van der Waals surface area contributed by atoms with Crippen LogP contribution in [0.2, 0.25) is 0 Å².